The van der Waals surface area contributed by atoms with Crippen molar-refractivity contribution in [2.45, 2.75) is 0 Å². The number of H-pyrrole nitrogens is 1. The molecule has 0 saturated carbocycles. The first-order valence-electron chi connectivity index (χ1n) is 6.61. The monoisotopic (exact) mass is 387 g/mol. The minimum Gasteiger partial charge on any atom is -0.335 e. The van der Waals surface area contributed by atoms with Gasteiger partial charge in [0.2, 0.25) is 0 Å². The SMILES string of the molecule is Brc1ccc(-c2nc(-c3cccs3)c(-c3cccs3)[nH]2)nc1. The zero-order valence-electron chi connectivity index (χ0n) is 11.3. The van der Waals surface area contributed by atoms with Gasteiger partial charge in [-0.1, -0.05) is 12.1 Å². The molecule has 1 N–H and O–H groups in total. The molecule has 0 aliphatic rings. The van der Waals surface area contributed by atoms with Crippen LogP contribution in [0.1, 0.15) is 0 Å². The van der Waals surface area contributed by atoms with Crippen molar-refractivity contribution in [1.29, 1.82) is 0 Å². The average molecular weight is 388 g/mol. The van der Waals surface area contributed by atoms with Gasteiger partial charge >= 0.3 is 0 Å². The molecule has 0 aromatic carbocycles. The highest BCUT2D eigenvalue weighted by Gasteiger charge is 2.17. The zero-order valence-corrected chi connectivity index (χ0v) is 14.5. The molecule has 0 aliphatic carbocycles. The Morgan fingerprint density at radius 3 is 2.36 bits per heavy atom. The molecule has 6 heteroatoms. The summed E-state index contributed by atoms with van der Waals surface area (Å²) in [5, 5.41) is 4.14. The topological polar surface area (TPSA) is 41.6 Å². The highest BCUT2D eigenvalue weighted by atomic mass is 79.9. The first-order valence-corrected chi connectivity index (χ1v) is 9.16. The van der Waals surface area contributed by atoms with Gasteiger partial charge in [-0.3, -0.25) is 4.98 Å². The number of hydrogen-bond acceptors (Lipinski definition) is 4. The van der Waals surface area contributed by atoms with Crippen molar-refractivity contribution in [2.24, 2.45) is 0 Å². The minimum atomic E-state index is 0.791. The molecule has 0 atom stereocenters. The second kappa shape index (κ2) is 5.79. The van der Waals surface area contributed by atoms with Gasteiger partial charge in [-0.05, 0) is 51.0 Å². The Hall–Kier alpha value is -1.76. The fraction of sp³-hybridized carbons (Fsp3) is 0. The standard InChI is InChI=1S/C16H10BrN3S2/c17-10-5-6-11(18-9-10)16-19-14(12-3-1-7-21-12)15(20-16)13-4-2-8-22-13/h1-9H,(H,19,20). The van der Waals surface area contributed by atoms with E-state index in [-0.39, 0.29) is 0 Å². The number of rotatable bonds is 3. The summed E-state index contributed by atoms with van der Waals surface area (Å²) < 4.78 is 0.958. The fourth-order valence-corrected chi connectivity index (χ4v) is 3.88. The highest BCUT2D eigenvalue weighted by Crippen LogP contribution is 2.36. The Kier molecular flexibility index (Phi) is 3.65. The number of nitrogens with one attached hydrogen (secondary N) is 1. The summed E-state index contributed by atoms with van der Waals surface area (Å²) in [6.07, 6.45) is 1.79. The van der Waals surface area contributed by atoms with Gasteiger partial charge in [0.25, 0.3) is 0 Å². The number of halogens is 1. The van der Waals surface area contributed by atoms with Crippen LogP contribution < -0.4 is 0 Å². The molecule has 0 spiro atoms. The smallest absolute Gasteiger partial charge is 0.157 e. The van der Waals surface area contributed by atoms with E-state index in [0.717, 1.165) is 32.3 Å². The van der Waals surface area contributed by atoms with E-state index in [2.05, 4.69) is 54.9 Å². The molecule has 0 unspecified atom stereocenters. The predicted molar refractivity (Wildman–Crippen MR) is 96.1 cm³/mol. The normalized spacial score (nSPS) is 11.0. The molecular formula is C16H10BrN3S2. The number of hydrogen-bond donors (Lipinski definition) is 1. The van der Waals surface area contributed by atoms with E-state index in [4.69, 9.17) is 4.98 Å². The third-order valence-corrected chi connectivity index (χ3v) is 5.43. The second-order valence-electron chi connectivity index (χ2n) is 4.63. The molecular weight excluding hydrogens is 378 g/mol. The Balaban J connectivity index is 1.88. The number of thiophene rings is 2. The first kappa shape index (κ1) is 13.9. The average Bonchev–Trinajstić information content (AvgIpc) is 3.27. The molecule has 3 nitrogen and oxygen atoms in total. The van der Waals surface area contributed by atoms with Crippen LogP contribution in [-0.4, -0.2) is 15.0 Å². The number of imidazole rings is 1. The lowest BCUT2D eigenvalue weighted by molar-refractivity contribution is 1.22. The molecule has 0 fully saturated rings. The van der Waals surface area contributed by atoms with Crippen molar-refractivity contribution in [1.82, 2.24) is 15.0 Å². The summed E-state index contributed by atoms with van der Waals surface area (Å²) in [5.41, 5.74) is 2.87. The van der Waals surface area contributed by atoms with Gasteiger partial charge in [0.1, 0.15) is 11.4 Å². The van der Waals surface area contributed by atoms with Crippen LogP contribution in [0.15, 0.2) is 57.8 Å². The van der Waals surface area contributed by atoms with Gasteiger partial charge in [0.05, 0.1) is 15.4 Å². The quantitative estimate of drug-likeness (QED) is 0.490. The molecule has 0 aliphatic heterocycles. The summed E-state index contributed by atoms with van der Waals surface area (Å²) in [6, 6.07) is 12.2. The third kappa shape index (κ3) is 2.54. The van der Waals surface area contributed by atoms with Gasteiger partial charge in [-0.25, -0.2) is 4.98 Å². The van der Waals surface area contributed by atoms with Crippen LogP contribution in [0.25, 0.3) is 32.7 Å². The molecule has 4 heterocycles. The van der Waals surface area contributed by atoms with E-state index in [1.54, 1.807) is 28.9 Å². The van der Waals surface area contributed by atoms with E-state index in [9.17, 15) is 0 Å². The molecule has 4 aromatic heterocycles. The van der Waals surface area contributed by atoms with Gasteiger partial charge in [-0.15, -0.1) is 22.7 Å². The maximum Gasteiger partial charge on any atom is 0.157 e. The van der Waals surface area contributed by atoms with E-state index in [1.807, 2.05) is 18.2 Å². The summed E-state index contributed by atoms with van der Waals surface area (Å²) in [6.45, 7) is 0. The maximum absolute atomic E-state index is 4.79. The fourth-order valence-electron chi connectivity index (χ4n) is 2.20. The van der Waals surface area contributed by atoms with Crippen molar-refractivity contribution >= 4 is 38.6 Å². The first-order chi connectivity index (χ1) is 10.8. The summed E-state index contributed by atoms with van der Waals surface area (Å²) in [5.74, 6) is 0.791. The minimum absolute atomic E-state index is 0.791. The number of aromatic amines is 1. The van der Waals surface area contributed by atoms with Crippen LogP contribution >= 0.6 is 38.6 Å². The van der Waals surface area contributed by atoms with E-state index < -0.39 is 0 Å². The Morgan fingerprint density at radius 2 is 1.73 bits per heavy atom. The van der Waals surface area contributed by atoms with Crippen molar-refractivity contribution in [3.63, 3.8) is 0 Å². The molecule has 0 radical (unpaired) electrons. The summed E-state index contributed by atoms with van der Waals surface area (Å²) in [7, 11) is 0. The lowest BCUT2D eigenvalue weighted by Gasteiger charge is -1.96. The summed E-state index contributed by atoms with van der Waals surface area (Å²) >= 11 is 6.81. The highest BCUT2D eigenvalue weighted by molar-refractivity contribution is 9.10. The lowest BCUT2D eigenvalue weighted by Crippen LogP contribution is -1.84. The van der Waals surface area contributed by atoms with Crippen LogP contribution in [0.2, 0.25) is 0 Å². The van der Waals surface area contributed by atoms with Crippen molar-refractivity contribution in [2.75, 3.05) is 0 Å². The third-order valence-electron chi connectivity index (χ3n) is 3.20. The van der Waals surface area contributed by atoms with Crippen LogP contribution in [0, 0.1) is 0 Å². The van der Waals surface area contributed by atoms with Gasteiger partial charge in [-0.2, -0.15) is 0 Å². The van der Waals surface area contributed by atoms with Crippen LogP contribution in [-0.2, 0) is 0 Å². The van der Waals surface area contributed by atoms with E-state index >= 15 is 0 Å². The van der Waals surface area contributed by atoms with Crippen molar-refractivity contribution < 1.29 is 0 Å². The van der Waals surface area contributed by atoms with Crippen molar-refractivity contribution in [3.8, 4) is 32.7 Å². The molecule has 0 saturated heterocycles. The number of aromatic nitrogens is 3. The summed E-state index contributed by atoms with van der Waals surface area (Å²) in [4.78, 5) is 15.0. The van der Waals surface area contributed by atoms with E-state index in [0.29, 0.717) is 0 Å². The molecule has 22 heavy (non-hydrogen) atoms. The molecule has 108 valence electrons. The van der Waals surface area contributed by atoms with E-state index in [1.165, 1.54) is 4.88 Å². The van der Waals surface area contributed by atoms with Gasteiger partial charge in [0, 0.05) is 10.7 Å². The Labute approximate surface area is 143 Å². The van der Waals surface area contributed by atoms with Crippen LogP contribution in [0.5, 0.6) is 0 Å². The Morgan fingerprint density at radius 1 is 0.955 bits per heavy atom. The molecule has 4 aromatic rings. The number of nitrogens with zero attached hydrogens (tertiary/aromatic N) is 2. The van der Waals surface area contributed by atoms with Crippen molar-refractivity contribution in [3.05, 3.63) is 57.8 Å². The Bertz CT molecular complexity index is 827. The van der Waals surface area contributed by atoms with Gasteiger partial charge in [0.15, 0.2) is 5.82 Å². The zero-order chi connectivity index (χ0) is 14.9. The lowest BCUT2D eigenvalue weighted by atomic mass is 10.2. The maximum atomic E-state index is 4.79. The largest absolute Gasteiger partial charge is 0.335 e. The van der Waals surface area contributed by atoms with Crippen LogP contribution in [0.3, 0.4) is 0 Å². The van der Waals surface area contributed by atoms with Gasteiger partial charge < -0.3 is 4.98 Å². The van der Waals surface area contributed by atoms with Crippen LogP contribution in [0.4, 0.5) is 0 Å². The number of pyridine rings is 1. The molecule has 0 amide bonds. The molecule has 0 bridgehead atoms. The predicted octanol–water partition coefficient (Wildman–Crippen LogP) is 5.69. The molecule has 4 rings (SSSR count). The second-order valence-corrected chi connectivity index (χ2v) is 7.44.